The molecule has 0 bridgehead atoms. The lowest BCUT2D eigenvalue weighted by Gasteiger charge is -2.42. The van der Waals surface area contributed by atoms with Crippen molar-refractivity contribution in [2.24, 2.45) is 0 Å². The van der Waals surface area contributed by atoms with Crippen molar-refractivity contribution < 1.29 is 9.53 Å². The highest BCUT2D eigenvalue weighted by atomic mass is 16.5. The van der Waals surface area contributed by atoms with Gasteiger partial charge in [0.15, 0.2) is 0 Å². The van der Waals surface area contributed by atoms with E-state index in [-0.39, 0.29) is 6.04 Å². The summed E-state index contributed by atoms with van der Waals surface area (Å²) in [5.74, 6) is 0.335. The van der Waals surface area contributed by atoms with E-state index in [1.54, 1.807) is 0 Å². The van der Waals surface area contributed by atoms with Gasteiger partial charge >= 0.3 is 0 Å². The summed E-state index contributed by atoms with van der Waals surface area (Å²) in [5.41, 5.74) is 0. The van der Waals surface area contributed by atoms with Crippen molar-refractivity contribution in [3.05, 3.63) is 0 Å². The number of ether oxygens (including phenoxy) is 1. The van der Waals surface area contributed by atoms with Gasteiger partial charge in [0, 0.05) is 51.9 Å². The number of carbonyl (C=O) groups is 1. The van der Waals surface area contributed by atoms with Crippen molar-refractivity contribution in [1.29, 1.82) is 0 Å². The lowest BCUT2D eigenvalue weighted by molar-refractivity contribution is -0.137. The van der Waals surface area contributed by atoms with Crippen molar-refractivity contribution in [2.45, 2.75) is 58.5 Å². The van der Waals surface area contributed by atoms with Crippen molar-refractivity contribution in [3.8, 4) is 0 Å². The minimum atomic E-state index is 0.0181. The number of piperazine rings is 1. The summed E-state index contributed by atoms with van der Waals surface area (Å²) in [6.45, 7) is 13.9. The van der Waals surface area contributed by atoms with Gasteiger partial charge in [-0.3, -0.25) is 14.6 Å². The van der Waals surface area contributed by atoms with Crippen molar-refractivity contribution in [3.63, 3.8) is 0 Å². The number of hydrogen-bond acceptors (Lipinski definition) is 4. The lowest BCUT2D eigenvalue weighted by atomic mass is 10.1. The van der Waals surface area contributed by atoms with E-state index in [0.29, 0.717) is 11.9 Å². The molecular weight excluding hydrogens is 290 g/mol. The maximum atomic E-state index is 12.8. The van der Waals surface area contributed by atoms with Crippen LogP contribution in [0.3, 0.4) is 0 Å². The van der Waals surface area contributed by atoms with E-state index < -0.39 is 0 Å². The van der Waals surface area contributed by atoms with Crippen molar-refractivity contribution >= 4 is 5.91 Å². The first kappa shape index (κ1) is 18.7. The van der Waals surface area contributed by atoms with Crippen molar-refractivity contribution in [2.75, 3.05) is 52.5 Å². The molecule has 5 heteroatoms. The topological polar surface area (TPSA) is 36.0 Å². The Morgan fingerprint density at radius 1 is 1.13 bits per heavy atom. The van der Waals surface area contributed by atoms with Crippen LogP contribution in [0.5, 0.6) is 0 Å². The molecule has 2 heterocycles. The molecule has 0 spiro atoms. The molecule has 2 aliphatic rings. The van der Waals surface area contributed by atoms with Gasteiger partial charge in [-0.05, 0) is 33.6 Å². The molecule has 5 nitrogen and oxygen atoms in total. The fourth-order valence-corrected chi connectivity index (χ4v) is 3.74. The highest BCUT2D eigenvalue weighted by Gasteiger charge is 2.31. The molecule has 134 valence electrons. The number of rotatable bonds is 6. The van der Waals surface area contributed by atoms with Gasteiger partial charge in [-0.15, -0.1) is 0 Å². The average molecular weight is 325 g/mol. The Balaban J connectivity index is 1.81. The summed E-state index contributed by atoms with van der Waals surface area (Å²) in [6.07, 6.45) is 4.88. The number of hydrogen-bond donors (Lipinski definition) is 0. The largest absolute Gasteiger partial charge is 0.380 e. The second kappa shape index (κ2) is 9.60. The van der Waals surface area contributed by atoms with Crippen LogP contribution in [0.25, 0.3) is 0 Å². The molecular formula is C18H35N3O2. The number of likely N-dealkylation sites (tertiary alicyclic amines) is 1. The minimum Gasteiger partial charge on any atom is -0.380 e. The van der Waals surface area contributed by atoms with Crippen LogP contribution in [0.1, 0.15) is 46.5 Å². The quantitative estimate of drug-likeness (QED) is 0.698. The van der Waals surface area contributed by atoms with E-state index in [1.165, 1.54) is 25.7 Å². The van der Waals surface area contributed by atoms with E-state index in [0.717, 1.165) is 52.5 Å². The zero-order chi connectivity index (χ0) is 16.7. The van der Waals surface area contributed by atoms with Crippen LogP contribution < -0.4 is 0 Å². The highest BCUT2D eigenvalue weighted by molar-refractivity contribution is 5.81. The molecule has 0 unspecified atom stereocenters. The second-order valence-electron chi connectivity index (χ2n) is 6.99. The van der Waals surface area contributed by atoms with Crippen LogP contribution in [-0.4, -0.2) is 85.2 Å². The SMILES string of the molecule is CCOCCN1CCN([C@@H](C)C(=O)N2CCCCCC2)C[C@@H]1C. The fourth-order valence-electron chi connectivity index (χ4n) is 3.74. The molecule has 0 radical (unpaired) electrons. The molecule has 2 rings (SSSR count). The van der Waals surface area contributed by atoms with Gasteiger partial charge in [-0.2, -0.15) is 0 Å². The monoisotopic (exact) mass is 325 g/mol. The first-order valence-corrected chi connectivity index (χ1v) is 9.48. The van der Waals surface area contributed by atoms with Crippen LogP contribution in [0, 0.1) is 0 Å². The summed E-state index contributed by atoms with van der Waals surface area (Å²) >= 11 is 0. The van der Waals surface area contributed by atoms with Gasteiger partial charge in [0.05, 0.1) is 12.6 Å². The number of carbonyl (C=O) groups excluding carboxylic acids is 1. The first-order chi connectivity index (χ1) is 11.1. The zero-order valence-electron chi connectivity index (χ0n) is 15.3. The van der Waals surface area contributed by atoms with Crippen LogP contribution in [-0.2, 0) is 9.53 Å². The van der Waals surface area contributed by atoms with Gasteiger partial charge in [0.25, 0.3) is 0 Å². The third kappa shape index (κ3) is 5.44. The maximum absolute atomic E-state index is 12.8. The molecule has 0 aromatic carbocycles. The Morgan fingerprint density at radius 2 is 1.83 bits per heavy atom. The van der Waals surface area contributed by atoms with Crippen LogP contribution in [0.15, 0.2) is 0 Å². The van der Waals surface area contributed by atoms with E-state index in [1.807, 2.05) is 6.92 Å². The predicted octanol–water partition coefficient (Wildman–Crippen LogP) is 1.82. The molecule has 2 aliphatic heterocycles. The van der Waals surface area contributed by atoms with Gasteiger partial charge < -0.3 is 9.64 Å². The normalized spacial score (nSPS) is 26.0. The number of amides is 1. The van der Waals surface area contributed by atoms with E-state index >= 15 is 0 Å². The third-order valence-corrected chi connectivity index (χ3v) is 5.35. The Kier molecular flexibility index (Phi) is 7.80. The first-order valence-electron chi connectivity index (χ1n) is 9.48. The highest BCUT2D eigenvalue weighted by Crippen LogP contribution is 2.16. The Morgan fingerprint density at radius 3 is 2.43 bits per heavy atom. The Hall–Kier alpha value is -0.650. The molecule has 0 aromatic rings. The van der Waals surface area contributed by atoms with Crippen LogP contribution >= 0.6 is 0 Å². The lowest BCUT2D eigenvalue weighted by Crippen LogP contribution is -2.58. The molecule has 0 aliphatic carbocycles. The van der Waals surface area contributed by atoms with Crippen LogP contribution in [0.2, 0.25) is 0 Å². The second-order valence-corrected chi connectivity index (χ2v) is 6.99. The molecule has 2 saturated heterocycles. The minimum absolute atomic E-state index is 0.0181. The summed E-state index contributed by atoms with van der Waals surface area (Å²) in [7, 11) is 0. The third-order valence-electron chi connectivity index (χ3n) is 5.35. The van der Waals surface area contributed by atoms with Crippen LogP contribution in [0.4, 0.5) is 0 Å². The fraction of sp³-hybridized carbons (Fsp3) is 0.944. The summed E-state index contributed by atoms with van der Waals surface area (Å²) in [5, 5.41) is 0. The Bertz CT molecular complexity index is 356. The van der Waals surface area contributed by atoms with E-state index in [2.05, 4.69) is 28.5 Å². The standard InChI is InChI=1S/C18H35N3O2/c1-4-23-14-13-19-11-12-21(15-16(19)2)17(3)18(22)20-9-7-5-6-8-10-20/h16-17H,4-15H2,1-3H3/t16-,17-/m0/s1. The predicted molar refractivity (Wildman–Crippen MR) is 93.6 cm³/mol. The Labute approximate surface area is 141 Å². The molecule has 0 aromatic heterocycles. The summed E-state index contributed by atoms with van der Waals surface area (Å²) in [4.78, 5) is 19.8. The van der Waals surface area contributed by atoms with Gasteiger partial charge in [0.2, 0.25) is 5.91 Å². The smallest absolute Gasteiger partial charge is 0.239 e. The average Bonchev–Trinajstić information content (AvgIpc) is 2.84. The molecule has 0 saturated carbocycles. The molecule has 23 heavy (non-hydrogen) atoms. The summed E-state index contributed by atoms with van der Waals surface area (Å²) in [6, 6.07) is 0.508. The van der Waals surface area contributed by atoms with E-state index in [4.69, 9.17) is 4.74 Å². The van der Waals surface area contributed by atoms with E-state index in [9.17, 15) is 4.79 Å². The molecule has 2 fully saturated rings. The zero-order valence-corrected chi connectivity index (χ0v) is 15.3. The van der Waals surface area contributed by atoms with Gasteiger partial charge in [0.1, 0.15) is 0 Å². The van der Waals surface area contributed by atoms with Crippen molar-refractivity contribution in [1.82, 2.24) is 14.7 Å². The molecule has 0 N–H and O–H groups in total. The van der Waals surface area contributed by atoms with Gasteiger partial charge in [-0.25, -0.2) is 0 Å². The molecule has 1 amide bonds. The molecule has 2 atom stereocenters. The maximum Gasteiger partial charge on any atom is 0.239 e. The summed E-state index contributed by atoms with van der Waals surface area (Å²) < 4.78 is 5.47. The van der Waals surface area contributed by atoms with Gasteiger partial charge in [-0.1, -0.05) is 12.8 Å². The number of nitrogens with zero attached hydrogens (tertiary/aromatic N) is 3.